The van der Waals surface area contributed by atoms with Gasteiger partial charge in [0.05, 0.1) is 0 Å². The molecule has 128 valence electrons. The predicted molar refractivity (Wildman–Crippen MR) is 77.2 cm³/mol. The highest BCUT2D eigenvalue weighted by Crippen LogP contribution is 2.39. The van der Waals surface area contributed by atoms with Gasteiger partial charge in [0, 0.05) is 0 Å². The summed E-state index contributed by atoms with van der Waals surface area (Å²) < 4.78 is 67.4. The molecule has 1 aromatic rings. The van der Waals surface area contributed by atoms with E-state index >= 15 is 0 Å². The summed E-state index contributed by atoms with van der Waals surface area (Å²) in [6.07, 6.45) is 3.42. The molecule has 0 N–H and O–H groups in total. The molecule has 1 aliphatic rings. The molecule has 0 aliphatic heterocycles. The number of rotatable bonds is 4. The van der Waals surface area contributed by atoms with Gasteiger partial charge in [-0.25, -0.2) is 8.78 Å². The van der Waals surface area contributed by atoms with Gasteiger partial charge < -0.3 is 4.74 Å². The number of hydrogen-bond acceptors (Lipinski definition) is 1. The van der Waals surface area contributed by atoms with Gasteiger partial charge in [0.25, 0.3) is 0 Å². The van der Waals surface area contributed by atoms with Crippen molar-refractivity contribution >= 4 is 0 Å². The van der Waals surface area contributed by atoms with E-state index in [9.17, 15) is 22.0 Å². The Hall–Kier alpha value is -1.59. The first-order chi connectivity index (χ1) is 10.8. The largest absolute Gasteiger partial charge is 0.573 e. The average Bonchev–Trinajstić information content (AvgIpc) is 2.48. The molecule has 1 aromatic carbocycles. The minimum absolute atomic E-state index is 0.0270. The highest BCUT2D eigenvalue weighted by Gasteiger charge is 2.34. The summed E-state index contributed by atoms with van der Waals surface area (Å²) in [6.45, 7) is 1.96. The molecule has 0 bridgehead atoms. The summed E-state index contributed by atoms with van der Waals surface area (Å²) in [5, 5.41) is 0. The van der Waals surface area contributed by atoms with Gasteiger partial charge in [-0.2, -0.15) is 0 Å². The number of halogens is 5. The van der Waals surface area contributed by atoms with Crippen molar-refractivity contribution in [3.05, 3.63) is 41.5 Å². The number of benzene rings is 1. The quantitative estimate of drug-likeness (QED) is 0.477. The lowest BCUT2D eigenvalue weighted by Crippen LogP contribution is -2.19. The molecule has 1 nitrogen and oxygen atoms in total. The van der Waals surface area contributed by atoms with Crippen LogP contribution in [-0.4, -0.2) is 6.36 Å². The molecule has 0 radical (unpaired) electrons. The van der Waals surface area contributed by atoms with Gasteiger partial charge in [-0.1, -0.05) is 12.2 Å². The molecular formula is C17H19F5O. The molecule has 0 saturated heterocycles. The van der Waals surface area contributed by atoms with Crippen LogP contribution < -0.4 is 4.74 Å². The number of alkyl halides is 3. The third kappa shape index (κ3) is 4.94. The lowest BCUT2D eigenvalue weighted by atomic mass is 9.77. The summed E-state index contributed by atoms with van der Waals surface area (Å²) in [5.74, 6) is -3.48. The summed E-state index contributed by atoms with van der Waals surface area (Å²) in [7, 11) is 0. The molecule has 0 atom stereocenters. The SMILES string of the molecule is C/C=C/CC1CCC(c2cc(F)c(OC(F)(F)F)c(F)c2)CC1. The van der Waals surface area contributed by atoms with Crippen LogP contribution in [0.15, 0.2) is 24.3 Å². The van der Waals surface area contributed by atoms with E-state index < -0.39 is 23.7 Å². The Morgan fingerprint density at radius 3 is 2.13 bits per heavy atom. The van der Waals surface area contributed by atoms with Crippen LogP contribution in [0.5, 0.6) is 5.75 Å². The van der Waals surface area contributed by atoms with Gasteiger partial charge in [-0.15, -0.1) is 13.2 Å². The predicted octanol–water partition coefficient (Wildman–Crippen LogP) is 6.10. The topological polar surface area (TPSA) is 9.23 Å². The minimum atomic E-state index is -5.12. The summed E-state index contributed by atoms with van der Waals surface area (Å²) >= 11 is 0. The van der Waals surface area contributed by atoms with Crippen LogP contribution in [0.1, 0.15) is 50.5 Å². The highest BCUT2D eigenvalue weighted by molar-refractivity contribution is 5.33. The van der Waals surface area contributed by atoms with E-state index in [-0.39, 0.29) is 5.92 Å². The second-order valence-corrected chi connectivity index (χ2v) is 5.88. The maximum atomic E-state index is 13.8. The number of ether oxygens (including phenoxy) is 1. The summed E-state index contributed by atoms with van der Waals surface area (Å²) in [4.78, 5) is 0. The monoisotopic (exact) mass is 334 g/mol. The van der Waals surface area contributed by atoms with Crippen LogP contribution in [0.3, 0.4) is 0 Å². The fourth-order valence-corrected chi connectivity index (χ4v) is 3.09. The van der Waals surface area contributed by atoms with Gasteiger partial charge in [0.1, 0.15) is 0 Å². The fourth-order valence-electron chi connectivity index (χ4n) is 3.09. The zero-order valence-electron chi connectivity index (χ0n) is 12.8. The van der Waals surface area contributed by atoms with E-state index in [0.717, 1.165) is 44.2 Å². The van der Waals surface area contributed by atoms with Crippen molar-refractivity contribution in [1.82, 2.24) is 0 Å². The zero-order valence-corrected chi connectivity index (χ0v) is 12.8. The van der Waals surface area contributed by atoms with Gasteiger partial charge in [0.15, 0.2) is 11.6 Å². The minimum Gasteiger partial charge on any atom is -0.399 e. The molecule has 1 fully saturated rings. The Morgan fingerprint density at radius 2 is 1.65 bits per heavy atom. The zero-order chi connectivity index (χ0) is 17.0. The van der Waals surface area contributed by atoms with E-state index in [1.165, 1.54) is 0 Å². The van der Waals surface area contributed by atoms with E-state index in [4.69, 9.17) is 0 Å². The molecule has 1 saturated carbocycles. The molecule has 1 aliphatic carbocycles. The molecular weight excluding hydrogens is 315 g/mol. The Kier molecular flexibility index (Phi) is 5.65. The van der Waals surface area contributed by atoms with E-state index in [2.05, 4.69) is 10.8 Å². The Labute approximate surface area is 132 Å². The first kappa shape index (κ1) is 17.8. The lowest BCUT2D eigenvalue weighted by molar-refractivity contribution is -0.276. The summed E-state index contributed by atoms with van der Waals surface area (Å²) in [6, 6.07) is 1.92. The van der Waals surface area contributed by atoms with Crippen LogP contribution >= 0.6 is 0 Å². The fraction of sp³-hybridized carbons (Fsp3) is 0.529. The number of hydrogen-bond donors (Lipinski definition) is 0. The van der Waals surface area contributed by atoms with Crippen LogP contribution in [0, 0.1) is 17.6 Å². The van der Waals surface area contributed by atoms with Crippen molar-refractivity contribution in [2.24, 2.45) is 5.92 Å². The highest BCUT2D eigenvalue weighted by atomic mass is 19.4. The lowest BCUT2D eigenvalue weighted by Gasteiger charge is -2.28. The second kappa shape index (κ2) is 7.32. The number of allylic oxidation sites excluding steroid dienone is 2. The molecule has 0 unspecified atom stereocenters. The van der Waals surface area contributed by atoms with Crippen molar-refractivity contribution in [3.63, 3.8) is 0 Å². The molecule has 6 heteroatoms. The van der Waals surface area contributed by atoms with Crippen LogP contribution in [-0.2, 0) is 0 Å². The van der Waals surface area contributed by atoms with Gasteiger partial charge in [0.2, 0.25) is 5.75 Å². The standard InChI is InChI=1S/C17H19F5O/c1-2-3-4-11-5-7-12(8-6-11)13-9-14(18)16(15(19)10-13)23-17(20,21)22/h2-3,9-12H,4-8H2,1H3/b3-2+. The Bertz CT molecular complexity index is 534. The van der Waals surface area contributed by atoms with Crippen molar-refractivity contribution in [2.45, 2.75) is 51.3 Å². The molecule has 0 heterocycles. The van der Waals surface area contributed by atoms with Gasteiger partial charge in [-0.05, 0) is 68.6 Å². The normalized spacial score (nSPS) is 22.5. The van der Waals surface area contributed by atoms with Crippen molar-refractivity contribution < 1.29 is 26.7 Å². The van der Waals surface area contributed by atoms with Crippen molar-refractivity contribution in [2.75, 3.05) is 0 Å². The third-order valence-electron chi connectivity index (χ3n) is 4.26. The smallest absolute Gasteiger partial charge is 0.399 e. The van der Waals surface area contributed by atoms with Gasteiger partial charge in [-0.3, -0.25) is 0 Å². The molecule has 0 amide bonds. The molecule has 0 spiro atoms. The van der Waals surface area contributed by atoms with Crippen molar-refractivity contribution in [3.8, 4) is 5.75 Å². The molecule has 2 rings (SSSR count). The second-order valence-electron chi connectivity index (χ2n) is 5.88. The maximum absolute atomic E-state index is 13.8. The van der Waals surface area contributed by atoms with Crippen molar-refractivity contribution in [1.29, 1.82) is 0 Å². The van der Waals surface area contributed by atoms with Crippen LogP contribution in [0.25, 0.3) is 0 Å². The molecule has 0 aromatic heterocycles. The van der Waals surface area contributed by atoms with Crippen LogP contribution in [0.2, 0.25) is 0 Å². The first-order valence-corrected chi connectivity index (χ1v) is 7.66. The summed E-state index contributed by atoms with van der Waals surface area (Å²) in [5.41, 5.74) is 0.402. The van der Waals surface area contributed by atoms with E-state index in [0.29, 0.717) is 11.5 Å². The van der Waals surface area contributed by atoms with E-state index in [1.54, 1.807) is 0 Å². The Balaban J connectivity index is 2.07. The molecule has 23 heavy (non-hydrogen) atoms. The van der Waals surface area contributed by atoms with Crippen LogP contribution in [0.4, 0.5) is 22.0 Å². The van der Waals surface area contributed by atoms with E-state index in [1.807, 2.05) is 13.0 Å². The Morgan fingerprint density at radius 1 is 1.09 bits per heavy atom. The maximum Gasteiger partial charge on any atom is 0.573 e. The van der Waals surface area contributed by atoms with Gasteiger partial charge >= 0.3 is 6.36 Å². The third-order valence-corrected chi connectivity index (χ3v) is 4.26. The average molecular weight is 334 g/mol. The first-order valence-electron chi connectivity index (χ1n) is 7.66.